The molecule has 4 heteroatoms. The van der Waals surface area contributed by atoms with E-state index in [1.165, 1.54) is 0 Å². The van der Waals surface area contributed by atoms with E-state index in [1.54, 1.807) is 0 Å². The second-order valence-corrected chi connectivity index (χ2v) is 0. The van der Waals surface area contributed by atoms with Gasteiger partial charge >= 0.3 is 97.8 Å². The molecule has 0 bridgehead atoms. The van der Waals surface area contributed by atoms with Gasteiger partial charge in [0.15, 0.2) is 12.5 Å². The molecule has 0 unspecified atom stereocenters. The average Bonchev–Trinajstić information content (AvgIpc) is 1.00. The molecule has 0 aliphatic carbocycles. The van der Waals surface area contributed by atoms with Crippen LogP contribution in [0, 0.1) is 0 Å². The van der Waals surface area contributed by atoms with Gasteiger partial charge in [0.05, 0.1) is 0 Å². The molecule has 0 N–H and O–H groups in total. The van der Waals surface area contributed by atoms with Crippen LogP contribution >= 0.6 is 0 Å². The van der Waals surface area contributed by atoms with Crippen molar-refractivity contribution in [2.75, 3.05) is 0 Å². The Kier molecular flexibility index (Phi) is 64.4. The topological polar surface area (TPSA) is 17.1 Å². The van der Waals surface area contributed by atoms with Crippen LogP contribution in [0.5, 0.6) is 0 Å². The zero-order valence-corrected chi connectivity index (χ0v) is 1.63. The van der Waals surface area contributed by atoms with Crippen LogP contribution in [0.3, 0.4) is 0 Å². The molecule has 0 aromatic carbocycles. The summed E-state index contributed by atoms with van der Waals surface area (Å²) < 4.78 is 7.83. The van der Waals surface area contributed by atoms with Crippen molar-refractivity contribution in [3.63, 3.8) is 0 Å². The van der Waals surface area contributed by atoms with E-state index in [4.69, 9.17) is 4.21 Å². The van der Waals surface area contributed by atoms with Crippen LogP contribution in [-0.4, -0.2) is 102 Å². The summed E-state index contributed by atoms with van der Waals surface area (Å²) in [5, 5.41) is 0. The van der Waals surface area contributed by atoms with Crippen LogP contribution in [0.15, 0.2) is 0 Å². The standard InChI is InChI=1S/2Ba.OS.4H/c;;1-2;;;;. The van der Waals surface area contributed by atoms with E-state index in [-0.39, 0.29) is 97.8 Å². The Bertz CT molecular complexity index is 6.00. The predicted molar refractivity (Wildman–Crippen MR) is 25.2 cm³/mol. The van der Waals surface area contributed by atoms with Crippen molar-refractivity contribution in [1.82, 2.24) is 0 Å². The Labute approximate surface area is 111 Å². The fourth-order valence-corrected chi connectivity index (χ4v) is 0. The molecule has 0 aromatic rings. The van der Waals surface area contributed by atoms with Crippen molar-refractivity contribution >= 4 is 110 Å². The zero-order valence-electron chi connectivity index (χ0n) is 0.816. The number of hydrogen-bond acceptors (Lipinski definition) is 2. The van der Waals surface area contributed by atoms with E-state index in [0.29, 0.717) is 0 Å². The zero-order chi connectivity index (χ0) is 2.00. The quantitative estimate of drug-likeness (QED) is 0.472. The van der Waals surface area contributed by atoms with Crippen LogP contribution in [-0.2, 0) is 12.5 Å². The SMILES string of the molecule is O=S.[BaH2].[BaH2]. The fourth-order valence-electron chi connectivity index (χ4n) is 0. The van der Waals surface area contributed by atoms with Crippen LogP contribution in [0.4, 0.5) is 0 Å². The molecule has 0 heterocycles. The van der Waals surface area contributed by atoms with Gasteiger partial charge in [-0.3, -0.25) is 0 Å². The summed E-state index contributed by atoms with van der Waals surface area (Å²) in [5.74, 6) is 0. The molecule has 0 aliphatic rings. The number of hydrogen-bond donors (Lipinski definition) is 0. The van der Waals surface area contributed by atoms with Crippen molar-refractivity contribution in [2.45, 2.75) is 0 Å². The molecule has 0 saturated carbocycles. The molecular formula is H4Ba2OS. The maximum atomic E-state index is 7.83. The van der Waals surface area contributed by atoms with Gasteiger partial charge in [-0.1, -0.05) is 0 Å². The first-order chi connectivity index (χ1) is 1.00. The molecule has 0 aliphatic heterocycles. The third-order valence-corrected chi connectivity index (χ3v) is 0. The summed E-state index contributed by atoms with van der Waals surface area (Å²) in [5.41, 5.74) is 0. The van der Waals surface area contributed by atoms with E-state index in [0.717, 1.165) is 0 Å². The molecule has 0 amide bonds. The van der Waals surface area contributed by atoms with E-state index in [2.05, 4.69) is 12.5 Å². The Morgan fingerprint density at radius 2 is 1.00 bits per heavy atom. The maximum absolute atomic E-state index is 7.83. The molecular weight excluding hydrogens is 323 g/mol. The molecule has 1 nitrogen and oxygen atoms in total. The van der Waals surface area contributed by atoms with Gasteiger partial charge < -0.3 is 0 Å². The normalized spacial score (nSPS) is 1.00. The van der Waals surface area contributed by atoms with Gasteiger partial charge in [0.1, 0.15) is 0 Å². The first-order valence-electron chi connectivity index (χ1n) is 0.167. The summed E-state index contributed by atoms with van der Waals surface area (Å²) in [4.78, 5) is 0. The molecule has 0 rings (SSSR count). The molecule has 0 saturated heterocycles. The van der Waals surface area contributed by atoms with Crippen LogP contribution in [0.2, 0.25) is 0 Å². The second kappa shape index (κ2) is 16.4. The van der Waals surface area contributed by atoms with E-state index < -0.39 is 0 Å². The van der Waals surface area contributed by atoms with Crippen LogP contribution in [0.25, 0.3) is 0 Å². The van der Waals surface area contributed by atoms with Gasteiger partial charge in [-0.25, -0.2) is 0 Å². The average molecular weight is 327 g/mol. The molecule has 20 valence electrons. The van der Waals surface area contributed by atoms with Crippen molar-refractivity contribution in [3.05, 3.63) is 0 Å². The van der Waals surface area contributed by atoms with Gasteiger partial charge in [-0.15, -0.1) is 0 Å². The van der Waals surface area contributed by atoms with Gasteiger partial charge in [0.2, 0.25) is 0 Å². The molecule has 4 heavy (non-hydrogen) atoms. The Hall–Kier alpha value is 3.16. The molecule has 0 aromatic heterocycles. The van der Waals surface area contributed by atoms with Crippen molar-refractivity contribution in [2.24, 2.45) is 0 Å². The summed E-state index contributed by atoms with van der Waals surface area (Å²) in [6.45, 7) is 0. The van der Waals surface area contributed by atoms with E-state index >= 15 is 0 Å². The Balaban J connectivity index is -0.00000000500. The molecule has 0 atom stereocenters. The van der Waals surface area contributed by atoms with Gasteiger partial charge in [-0.05, 0) is 0 Å². The van der Waals surface area contributed by atoms with E-state index in [1.807, 2.05) is 0 Å². The number of rotatable bonds is 0. The van der Waals surface area contributed by atoms with Gasteiger partial charge in [0, 0.05) is 0 Å². The monoisotopic (exact) mass is 328 g/mol. The van der Waals surface area contributed by atoms with Gasteiger partial charge in [0.25, 0.3) is 0 Å². The van der Waals surface area contributed by atoms with Gasteiger partial charge in [-0.2, -0.15) is 4.21 Å². The molecule has 0 radical (unpaired) electrons. The van der Waals surface area contributed by atoms with E-state index in [9.17, 15) is 0 Å². The van der Waals surface area contributed by atoms with Crippen LogP contribution in [0.1, 0.15) is 0 Å². The molecule has 0 fully saturated rings. The first kappa shape index (κ1) is 15.7. The third-order valence-electron chi connectivity index (χ3n) is 0. The van der Waals surface area contributed by atoms with Crippen molar-refractivity contribution in [3.8, 4) is 0 Å². The van der Waals surface area contributed by atoms with Crippen LogP contribution < -0.4 is 0 Å². The summed E-state index contributed by atoms with van der Waals surface area (Å²) in [6, 6.07) is 0. The van der Waals surface area contributed by atoms with Crippen molar-refractivity contribution in [1.29, 1.82) is 0 Å². The molecule has 0 spiro atoms. The minimum atomic E-state index is 0. The minimum absolute atomic E-state index is 0. The van der Waals surface area contributed by atoms with Crippen molar-refractivity contribution < 1.29 is 4.21 Å². The summed E-state index contributed by atoms with van der Waals surface area (Å²) in [6.07, 6.45) is 0. The fraction of sp³-hybridized carbons (Fsp3) is 0. The second-order valence-electron chi connectivity index (χ2n) is 0. The predicted octanol–water partition coefficient (Wildman–Crippen LogP) is -2.17. The summed E-state index contributed by atoms with van der Waals surface area (Å²) >= 11 is 2.83. The Morgan fingerprint density at radius 3 is 1.00 bits per heavy atom. The summed E-state index contributed by atoms with van der Waals surface area (Å²) in [7, 11) is 0. The Morgan fingerprint density at radius 1 is 1.00 bits per heavy atom. The first-order valence-corrected chi connectivity index (χ1v) is 0.500. The third kappa shape index (κ3) is 8.94.